The van der Waals surface area contributed by atoms with E-state index in [-0.39, 0.29) is 10.6 Å². The molecule has 0 aliphatic heterocycles. The van der Waals surface area contributed by atoms with Crippen LogP contribution in [0.4, 0.5) is 5.69 Å². The smallest absolute Gasteiger partial charge is 0.269 e. The highest BCUT2D eigenvalue weighted by Crippen LogP contribution is 2.11. The van der Waals surface area contributed by atoms with Crippen molar-refractivity contribution in [2.24, 2.45) is 7.05 Å². The molecule has 100 valence electrons. The van der Waals surface area contributed by atoms with Gasteiger partial charge in [0, 0.05) is 37.6 Å². The van der Waals surface area contributed by atoms with Crippen LogP contribution in [-0.4, -0.2) is 16.0 Å². The number of aryl methyl sites for hydroxylation is 1. The molecule has 1 aromatic heterocycles. The average Bonchev–Trinajstić information content (AvgIpc) is 2.81. The summed E-state index contributed by atoms with van der Waals surface area (Å²) in [6.45, 7) is 1.68. The molecule has 1 N–H and O–H groups in total. The largest absolute Gasteiger partial charge is 0.353 e. The molecule has 2 aromatic rings. The lowest BCUT2D eigenvalue weighted by atomic mass is 10.1. The summed E-state index contributed by atoms with van der Waals surface area (Å²) < 4.78 is 2.08. The first-order valence-corrected chi connectivity index (χ1v) is 6.21. The van der Waals surface area contributed by atoms with Crippen molar-refractivity contribution in [2.75, 3.05) is 6.54 Å². The van der Waals surface area contributed by atoms with Gasteiger partial charge in [0.1, 0.15) is 0 Å². The third-order valence-electron chi connectivity index (χ3n) is 3.10. The van der Waals surface area contributed by atoms with Crippen molar-refractivity contribution in [3.8, 4) is 0 Å². The Morgan fingerprint density at radius 2 is 2.00 bits per heavy atom. The van der Waals surface area contributed by atoms with Crippen molar-refractivity contribution in [3.63, 3.8) is 0 Å². The summed E-state index contributed by atoms with van der Waals surface area (Å²) in [7, 11) is 2.02. The molecule has 0 unspecified atom stereocenters. The Hall–Kier alpha value is -2.14. The van der Waals surface area contributed by atoms with Gasteiger partial charge in [-0.3, -0.25) is 10.1 Å². The molecular weight excluding hydrogens is 242 g/mol. The fourth-order valence-corrected chi connectivity index (χ4v) is 1.91. The van der Waals surface area contributed by atoms with Crippen LogP contribution in [0.2, 0.25) is 0 Å². The van der Waals surface area contributed by atoms with Crippen LogP contribution < -0.4 is 5.32 Å². The summed E-state index contributed by atoms with van der Waals surface area (Å²) in [4.78, 5) is 10.1. The maximum absolute atomic E-state index is 10.5. The third kappa shape index (κ3) is 3.66. The zero-order chi connectivity index (χ0) is 13.7. The maximum Gasteiger partial charge on any atom is 0.269 e. The van der Waals surface area contributed by atoms with Crippen molar-refractivity contribution in [1.29, 1.82) is 0 Å². The van der Waals surface area contributed by atoms with E-state index in [0.29, 0.717) is 0 Å². The molecule has 0 radical (unpaired) electrons. The molecule has 2 rings (SSSR count). The van der Waals surface area contributed by atoms with Crippen molar-refractivity contribution < 1.29 is 4.92 Å². The van der Waals surface area contributed by atoms with Crippen LogP contribution >= 0.6 is 0 Å². The van der Waals surface area contributed by atoms with Crippen molar-refractivity contribution >= 4 is 5.69 Å². The van der Waals surface area contributed by atoms with Gasteiger partial charge in [-0.2, -0.15) is 0 Å². The highest BCUT2D eigenvalue weighted by Gasteiger charge is 2.03. The van der Waals surface area contributed by atoms with E-state index < -0.39 is 0 Å². The van der Waals surface area contributed by atoms with Gasteiger partial charge in [-0.05, 0) is 30.7 Å². The highest BCUT2D eigenvalue weighted by molar-refractivity contribution is 5.32. The molecule has 0 atom stereocenters. The zero-order valence-corrected chi connectivity index (χ0v) is 10.9. The van der Waals surface area contributed by atoms with Crippen LogP contribution in [0, 0.1) is 10.1 Å². The number of rotatable bonds is 6. The summed E-state index contributed by atoms with van der Waals surface area (Å²) in [6, 6.07) is 10.8. The van der Waals surface area contributed by atoms with E-state index in [0.717, 1.165) is 25.1 Å². The standard InChI is InChI=1S/C14H17N3O2/c1-16-10-2-3-14(16)11-15-9-8-12-4-6-13(7-5-12)17(18)19/h2-7,10,15H,8-9,11H2,1H3. The topological polar surface area (TPSA) is 60.1 Å². The number of non-ortho nitro benzene ring substituents is 1. The molecule has 0 bridgehead atoms. The molecule has 0 fully saturated rings. The zero-order valence-electron chi connectivity index (χ0n) is 10.9. The molecular formula is C14H17N3O2. The molecule has 0 spiro atoms. The predicted octanol–water partition coefficient (Wildman–Crippen LogP) is 2.27. The Morgan fingerprint density at radius 3 is 2.58 bits per heavy atom. The van der Waals surface area contributed by atoms with Crippen LogP contribution in [0.25, 0.3) is 0 Å². The molecule has 0 saturated heterocycles. The van der Waals surface area contributed by atoms with Crippen LogP contribution in [0.1, 0.15) is 11.3 Å². The van der Waals surface area contributed by atoms with Gasteiger partial charge in [0.2, 0.25) is 0 Å². The minimum atomic E-state index is -0.378. The predicted molar refractivity (Wildman–Crippen MR) is 73.9 cm³/mol. The fraction of sp³-hybridized carbons (Fsp3) is 0.286. The van der Waals surface area contributed by atoms with Gasteiger partial charge in [0.05, 0.1) is 4.92 Å². The fourth-order valence-electron chi connectivity index (χ4n) is 1.91. The first-order chi connectivity index (χ1) is 9.16. The Bertz CT molecular complexity index is 546. The van der Waals surface area contributed by atoms with Gasteiger partial charge < -0.3 is 9.88 Å². The number of nitrogens with zero attached hydrogens (tertiary/aromatic N) is 2. The molecule has 5 heteroatoms. The van der Waals surface area contributed by atoms with E-state index in [9.17, 15) is 10.1 Å². The second-order valence-electron chi connectivity index (χ2n) is 4.46. The molecule has 1 heterocycles. The van der Waals surface area contributed by atoms with Crippen LogP contribution in [0.5, 0.6) is 0 Å². The van der Waals surface area contributed by atoms with Gasteiger partial charge in [-0.1, -0.05) is 12.1 Å². The first kappa shape index (κ1) is 13.3. The SMILES string of the molecule is Cn1cccc1CNCCc1ccc([N+](=O)[O-])cc1. The molecule has 0 amide bonds. The van der Waals surface area contributed by atoms with Crippen LogP contribution in [-0.2, 0) is 20.0 Å². The van der Waals surface area contributed by atoms with Gasteiger partial charge in [0.25, 0.3) is 5.69 Å². The number of benzene rings is 1. The number of nitrogens with one attached hydrogen (secondary N) is 1. The number of hydrogen-bond acceptors (Lipinski definition) is 3. The van der Waals surface area contributed by atoms with E-state index in [1.165, 1.54) is 5.69 Å². The Labute approximate surface area is 112 Å². The molecule has 5 nitrogen and oxygen atoms in total. The lowest BCUT2D eigenvalue weighted by molar-refractivity contribution is -0.384. The molecule has 0 aliphatic carbocycles. The van der Waals surface area contributed by atoms with Crippen LogP contribution in [0.3, 0.4) is 0 Å². The van der Waals surface area contributed by atoms with E-state index in [4.69, 9.17) is 0 Å². The third-order valence-corrected chi connectivity index (χ3v) is 3.10. The summed E-state index contributed by atoms with van der Waals surface area (Å²) in [5.74, 6) is 0. The monoisotopic (exact) mass is 259 g/mol. The second-order valence-corrected chi connectivity index (χ2v) is 4.46. The minimum Gasteiger partial charge on any atom is -0.353 e. The quantitative estimate of drug-likeness (QED) is 0.492. The second kappa shape index (κ2) is 6.15. The summed E-state index contributed by atoms with van der Waals surface area (Å²) in [6.07, 6.45) is 2.88. The van der Waals surface area contributed by atoms with Crippen molar-refractivity contribution in [2.45, 2.75) is 13.0 Å². The van der Waals surface area contributed by atoms with E-state index in [2.05, 4.69) is 16.0 Å². The summed E-state index contributed by atoms with van der Waals surface area (Å²) in [5, 5.41) is 13.9. The van der Waals surface area contributed by atoms with Gasteiger partial charge >= 0.3 is 0 Å². The Kier molecular flexibility index (Phi) is 4.30. The van der Waals surface area contributed by atoms with E-state index in [1.54, 1.807) is 12.1 Å². The Balaban J connectivity index is 1.76. The number of hydrogen-bond donors (Lipinski definition) is 1. The van der Waals surface area contributed by atoms with Crippen LogP contribution in [0.15, 0.2) is 42.6 Å². The van der Waals surface area contributed by atoms with Gasteiger partial charge in [-0.25, -0.2) is 0 Å². The lowest BCUT2D eigenvalue weighted by Gasteiger charge is -2.06. The maximum atomic E-state index is 10.5. The molecule has 1 aromatic carbocycles. The van der Waals surface area contributed by atoms with Crippen molar-refractivity contribution in [1.82, 2.24) is 9.88 Å². The number of nitro groups is 1. The minimum absolute atomic E-state index is 0.139. The highest BCUT2D eigenvalue weighted by atomic mass is 16.6. The summed E-state index contributed by atoms with van der Waals surface area (Å²) >= 11 is 0. The average molecular weight is 259 g/mol. The molecule has 0 saturated carbocycles. The summed E-state index contributed by atoms with van der Waals surface area (Å²) in [5.41, 5.74) is 2.48. The van der Waals surface area contributed by atoms with Gasteiger partial charge in [-0.15, -0.1) is 0 Å². The van der Waals surface area contributed by atoms with E-state index >= 15 is 0 Å². The normalized spacial score (nSPS) is 10.6. The van der Waals surface area contributed by atoms with E-state index in [1.807, 2.05) is 31.4 Å². The lowest BCUT2D eigenvalue weighted by Crippen LogP contribution is -2.18. The molecule has 19 heavy (non-hydrogen) atoms. The number of aromatic nitrogens is 1. The Morgan fingerprint density at radius 1 is 1.26 bits per heavy atom. The van der Waals surface area contributed by atoms with Crippen molar-refractivity contribution in [3.05, 3.63) is 64.0 Å². The first-order valence-electron chi connectivity index (χ1n) is 6.21. The van der Waals surface area contributed by atoms with Gasteiger partial charge in [0.15, 0.2) is 0 Å². The molecule has 0 aliphatic rings. The number of nitro benzene ring substituents is 1.